The fourth-order valence-corrected chi connectivity index (χ4v) is 4.05. The monoisotopic (exact) mass is 449 g/mol. The first-order chi connectivity index (χ1) is 16.0. The highest BCUT2D eigenvalue weighted by Crippen LogP contribution is 2.43. The summed E-state index contributed by atoms with van der Waals surface area (Å²) in [5.41, 5.74) is 0.0241. The quantitative estimate of drug-likeness (QED) is 0.365. The summed E-state index contributed by atoms with van der Waals surface area (Å²) in [5, 5.41) is 11.1. The molecule has 1 saturated heterocycles. The van der Waals surface area contributed by atoms with Crippen molar-refractivity contribution in [3.05, 3.63) is 95.1 Å². The zero-order chi connectivity index (χ0) is 23.1. The van der Waals surface area contributed by atoms with Crippen molar-refractivity contribution < 1.29 is 33.0 Å². The Bertz CT molecular complexity index is 1310. The van der Waals surface area contributed by atoms with Gasteiger partial charge < -0.3 is 14.6 Å². The van der Waals surface area contributed by atoms with Crippen molar-refractivity contribution in [2.75, 3.05) is 18.1 Å². The molecule has 2 aliphatic heterocycles. The number of Topliss-reactive ketones (excluding diaryl/α,β-unsaturated/α-hetero) is 1. The van der Waals surface area contributed by atoms with Gasteiger partial charge in [0.05, 0.1) is 17.3 Å². The zero-order valence-electron chi connectivity index (χ0n) is 17.1. The summed E-state index contributed by atoms with van der Waals surface area (Å²) in [7, 11) is 0. The van der Waals surface area contributed by atoms with Crippen molar-refractivity contribution in [3.63, 3.8) is 0 Å². The number of anilines is 1. The first-order valence-electron chi connectivity index (χ1n) is 10.2. The number of ketones is 1. The van der Waals surface area contributed by atoms with E-state index < -0.39 is 40.8 Å². The molecule has 8 heteroatoms. The summed E-state index contributed by atoms with van der Waals surface area (Å²) in [4.78, 5) is 27.0. The second kappa shape index (κ2) is 8.05. The first-order valence-corrected chi connectivity index (χ1v) is 10.2. The lowest BCUT2D eigenvalue weighted by atomic mass is 9.95. The van der Waals surface area contributed by atoms with E-state index in [2.05, 4.69) is 0 Å². The number of hydrogen-bond acceptors (Lipinski definition) is 5. The van der Waals surface area contributed by atoms with Gasteiger partial charge in [-0.3, -0.25) is 14.5 Å². The SMILES string of the molecule is O=C1C(=O)N(c2cc(F)ccc2F)C(c2ccccc2)/C1=C(/O)c1ccc2c(c1)OCCO2. The third-order valence-electron chi connectivity index (χ3n) is 5.54. The van der Waals surface area contributed by atoms with Gasteiger partial charge in [-0.15, -0.1) is 0 Å². The first kappa shape index (κ1) is 20.7. The van der Waals surface area contributed by atoms with E-state index in [9.17, 15) is 23.5 Å². The fraction of sp³-hybridized carbons (Fsp3) is 0.120. The van der Waals surface area contributed by atoms with Gasteiger partial charge in [0.25, 0.3) is 11.7 Å². The smallest absolute Gasteiger partial charge is 0.300 e. The molecule has 3 aromatic carbocycles. The van der Waals surface area contributed by atoms with Crippen LogP contribution >= 0.6 is 0 Å². The van der Waals surface area contributed by atoms with Crippen molar-refractivity contribution in [1.82, 2.24) is 0 Å². The second-order valence-electron chi connectivity index (χ2n) is 7.53. The molecule has 1 N–H and O–H groups in total. The van der Waals surface area contributed by atoms with Crippen LogP contribution in [0.2, 0.25) is 0 Å². The Morgan fingerprint density at radius 3 is 2.39 bits per heavy atom. The van der Waals surface area contributed by atoms with Crippen molar-refractivity contribution in [2.45, 2.75) is 6.04 Å². The number of aliphatic hydroxyl groups is 1. The summed E-state index contributed by atoms with van der Waals surface area (Å²) in [5.74, 6) is -3.33. The van der Waals surface area contributed by atoms with Crippen LogP contribution in [0.25, 0.3) is 5.76 Å². The van der Waals surface area contributed by atoms with Crippen molar-refractivity contribution in [2.24, 2.45) is 0 Å². The summed E-state index contributed by atoms with van der Waals surface area (Å²) in [6.07, 6.45) is 0. The maximum Gasteiger partial charge on any atom is 0.300 e. The van der Waals surface area contributed by atoms with Gasteiger partial charge >= 0.3 is 0 Å². The van der Waals surface area contributed by atoms with Crippen LogP contribution in [0.4, 0.5) is 14.5 Å². The van der Waals surface area contributed by atoms with E-state index >= 15 is 0 Å². The molecule has 3 aromatic rings. The number of fused-ring (bicyclic) bond motifs is 1. The molecular formula is C25H17F2NO5. The van der Waals surface area contributed by atoms with Crippen LogP contribution in [0.1, 0.15) is 17.2 Å². The number of ether oxygens (including phenoxy) is 2. The molecule has 0 radical (unpaired) electrons. The summed E-state index contributed by atoms with van der Waals surface area (Å²) in [6, 6.07) is 14.5. The molecule has 0 aromatic heterocycles. The lowest BCUT2D eigenvalue weighted by Crippen LogP contribution is -2.30. The molecule has 6 nitrogen and oxygen atoms in total. The minimum Gasteiger partial charge on any atom is -0.507 e. The highest BCUT2D eigenvalue weighted by atomic mass is 19.1. The second-order valence-corrected chi connectivity index (χ2v) is 7.53. The Morgan fingerprint density at radius 1 is 0.909 bits per heavy atom. The molecule has 0 saturated carbocycles. The van der Waals surface area contributed by atoms with Crippen LogP contribution in [-0.2, 0) is 9.59 Å². The predicted molar refractivity (Wildman–Crippen MR) is 115 cm³/mol. The van der Waals surface area contributed by atoms with Crippen molar-refractivity contribution in [3.8, 4) is 11.5 Å². The molecule has 166 valence electrons. The molecule has 0 aliphatic carbocycles. The van der Waals surface area contributed by atoms with E-state index in [4.69, 9.17) is 9.47 Å². The van der Waals surface area contributed by atoms with E-state index in [0.29, 0.717) is 30.3 Å². The van der Waals surface area contributed by atoms with E-state index in [-0.39, 0.29) is 11.1 Å². The third-order valence-corrected chi connectivity index (χ3v) is 5.54. The van der Waals surface area contributed by atoms with Crippen LogP contribution in [0, 0.1) is 11.6 Å². The molecular weight excluding hydrogens is 432 g/mol. The molecule has 0 spiro atoms. The van der Waals surface area contributed by atoms with Crippen molar-refractivity contribution >= 4 is 23.1 Å². The van der Waals surface area contributed by atoms with Gasteiger partial charge in [-0.25, -0.2) is 8.78 Å². The molecule has 1 amide bonds. The van der Waals surface area contributed by atoms with Gasteiger partial charge in [-0.05, 0) is 35.9 Å². The van der Waals surface area contributed by atoms with Crippen molar-refractivity contribution in [1.29, 1.82) is 0 Å². The number of carbonyl (C=O) groups is 2. The van der Waals surface area contributed by atoms with E-state index in [0.717, 1.165) is 23.1 Å². The van der Waals surface area contributed by atoms with E-state index in [1.165, 1.54) is 12.1 Å². The van der Waals surface area contributed by atoms with Crippen LogP contribution in [0.15, 0.2) is 72.3 Å². The number of hydrogen-bond donors (Lipinski definition) is 1. The number of benzene rings is 3. The molecule has 33 heavy (non-hydrogen) atoms. The van der Waals surface area contributed by atoms with E-state index in [1.54, 1.807) is 36.4 Å². The average Bonchev–Trinajstić information content (AvgIpc) is 3.10. The molecule has 2 heterocycles. The molecule has 0 bridgehead atoms. The van der Waals surface area contributed by atoms with E-state index in [1.807, 2.05) is 0 Å². The Kier molecular flexibility index (Phi) is 5.05. The normalized spacial score (nSPS) is 19.1. The highest BCUT2D eigenvalue weighted by molar-refractivity contribution is 6.51. The minimum absolute atomic E-state index is 0.220. The van der Waals surface area contributed by atoms with Gasteiger partial charge in [-0.2, -0.15) is 0 Å². The topological polar surface area (TPSA) is 76.1 Å². The van der Waals surface area contributed by atoms with Crippen LogP contribution in [-0.4, -0.2) is 30.0 Å². The maximum absolute atomic E-state index is 14.7. The van der Waals surface area contributed by atoms with Gasteiger partial charge in [0.1, 0.15) is 30.6 Å². The Hall–Kier alpha value is -4.20. The molecule has 2 aliphatic rings. The number of rotatable bonds is 3. The summed E-state index contributed by atoms with van der Waals surface area (Å²) >= 11 is 0. The third kappa shape index (κ3) is 3.49. The van der Waals surface area contributed by atoms with Gasteiger partial charge in [0.15, 0.2) is 11.5 Å². The lowest BCUT2D eigenvalue weighted by Gasteiger charge is -2.26. The number of aliphatic hydroxyl groups excluding tert-OH is 1. The Balaban J connectivity index is 1.71. The standard InChI is InChI=1S/C25H17F2NO5/c26-16-7-8-17(27)18(13-16)28-22(14-4-2-1-3-5-14)21(24(30)25(28)31)23(29)15-6-9-19-20(12-15)33-11-10-32-19/h1-9,12-13,22,29H,10-11H2/b23-21-. The predicted octanol–water partition coefficient (Wildman–Crippen LogP) is 4.36. The number of amides is 1. The molecule has 1 fully saturated rings. The summed E-state index contributed by atoms with van der Waals surface area (Å²) < 4.78 is 39.7. The largest absolute Gasteiger partial charge is 0.507 e. The van der Waals surface area contributed by atoms with Crippen LogP contribution in [0.5, 0.6) is 11.5 Å². The highest BCUT2D eigenvalue weighted by Gasteiger charge is 2.47. The zero-order valence-corrected chi connectivity index (χ0v) is 17.1. The maximum atomic E-state index is 14.7. The van der Waals surface area contributed by atoms with Gasteiger partial charge in [-0.1, -0.05) is 30.3 Å². The van der Waals surface area contributed by atoms with Crippen LogP contribution in [0.3, 0.4) is 0 Å². The number of carbonyl (C=O) groups excluding carboxylic acids is 2. The average molecular weight is 449 g/mol. The Morgan fingerprint density at radius 2 is 1.64 bits per heavy atom. The molecule has 1 unspecified atom stereocenters. The molecule has 1 atom stereocenters. The van der Waals surface area contributed by atoms with Crippen LogP contribution < -0.4 is 14.4 Å². The fourth-order valence-electron chi connectivity index (χ4n) is 4.05. The van der Waals surface area contributed by atoms with Gasteiger partial charge in [0, 0.05) is 11.6 Å². The van der Waals surface area contributed by atoms with Gasteiger partial charge in [0.2, 0.25) is 0 Å². The number of nitrogens with zero attached hydrogens (tertiary/aromatic N) is 1. The number of halogens is 2. The summed E-state index contributed by atoms with van der Waals surface area (Å²) in [6.45, 7) is 0.709. The lowest BCUT2D eigenvalue weighted by molar-refractivity contribution is -0.132. The molecule has 5 rings (SSSR count). The minimum atomic E-state index is -1.17. The Labute approximate surface area is 187 Å².